The van der Waals surface area contributed by atoms with E-state index in [1.54, 1.807) is 19.9 Å². The Morgan fingerprint density at radius 3 is 2.83 bits per heavy atom. The number of nitro groups is 1. The summed E-state index contributed by atoms with van der Waals surface area (Å²) < 4.78 is 5.06. The van der Waals surface area contributed by atoms with Gasteiger partial charge in [-0.25, -0.2) is 4.79 Å². The Balaban J connectivity index is 2.52. The van der Waals surface area contributed by atoms with Crippen LogP contribution in [0.3, 0.4) is 0 Å². The molecule has 0 radical (unpaired) electrons. The molecular formula is C14H14ClN3O4S. The van der Waals surface area contributed by atoms with Crippen LogP contribution in [0.2, 0.25) is 5.02 Å². The molecule has 1 aromatic carbocycles. The number of halogens is 1. The molecule has 2 rings (SSSR count). The van der Waals surface area contributed by atoms with E-state index in [1.165, 1.54) is 12.1 Å². The predicted molar refractivity (Wildman–Crippen MR) is 89.0 cm³/mol. The highest BCUT2D eigenvalue weighted by Crippen LogP contribution is 2.32. The molecule has 0 spiro atoms. The molecule has 0 aliphatic carbocycles. The molecule has 0 saturated carbocycles. The minimum atomic E-state index is -0.654. The molecule has 0 bridgehead atoms. The van der Waals surface area contributed by atoms with Crippen LogP contribution in [0.5, 0.6) is 0 Å². The van der Waals surface area contributed by atoms with E-state index in [-0.39, 0.29) is 17.3 Å². The number of nitro benzene ring substituents is 1. The first-order chi connectivity index (χ1) is 10.8. The highest BCUT2D eigenvalue weighted by Gasteiger charge is 2.32. The maximum atomic E-state index is 12.2. The third-order valence-electron chi connectivity index (χ3n) is 3.26. The quantitative estimate of drug-likeness (QED) is 0.371. The highest BCUT2D eigenvalue weighted by molar-refractivity contribution is 7.80. The van der Waals surface area contributed by atoms with Crippen molar-refractivity contribution in [2.75, 3.05) is 6.61 Å². The largest absolute Gasteiger partial charge is 0.463 e. The Hall–Kier alpha value is -2.19. The Labute approximate surface area is 142 Å². The first kappa shape index (κ1) is 17.2. The molecule has 0 saturated heterocycles. The minimum Gasteiger partial charge on any atom is -0.463 e. The average molecular weight is 356 g/mol. The van der Waals surface area contributed by atoms with Crippen molar-refractivity contribution in [3.63, 3.8) is 0 Å². The maximum Gasteiger partial charge on any atom is 0.338 e. The number of allylic oxidation sites excluding steroid dienone is 1. The lowest BCUT2D eigenvalue weighted by molar-refractivity contribution is -0.384. The SMILES string of the molecule is CCOC(=O)C1=C(C)NC(=S)N[C@H]1c1ccc(Cl)c([N+](=O)[O-])c1. The summed E-state index contributed by atoms with van der Waals surface area (Å²) in [6, 6.07) is 3.69. The molecule has 1 aliphatic rings. The number of carbonyl (C=O) groups excluding carboxylic acids is 1. The summed E-state index contributed by atoms with van der Waals surface area (Å²) in [6.45, 7) is 3.61. The smallest absolute Gasteiger partial charge is 0.338 e. The van der Waals surface area contributed by atoms with Crippen LogP contribution in [-0.2, 0) is 9.53 Å². The molecule has 0 unspecified atom stereocenters. The molecule has 1 aromatic rings. The van der Waals surface area contributed by atoms with Crippen LogP contribution < -0.4 is 10.6 Å². The highest BCUT2D eigenvalue weighted by atomic mass is 35.5. The van der Waals surface area contributed by atoms with E-state index in [9.17, 15) is 14.9 Å². The summed E-state index contributed by atoms with van der Waals surface area (Å²) in [5, 5.41) is 17.2. The summed E-state index contributed by atoms with van der Waals surface area (Å²) in [4.78, 5) is 22.7. The van der Waals surface area contributed by atoms with Crippen molar-refractivity contribution in [3.8, 4) is 0 Å². The number of rotatable bonds is 4. The number of hydrogen-bond donors (Lipinski definition) is 2. The first-order valence-corrected chi connectivity index (χ1v) is 7.53. The average Bonchev–Trinajstić information content (AvgIpc) is 2.46. The third kappa shape index (κ3) is 3.59. The molecular weight excluding hydrogens is 342 g/mol. The molecule has 122 valence electrons. The second kappa shape index (κ2) is 6.93. The van der Waals surface area contributed by atoms with E-state index in [2.05, 4.69) is 10.6 Å². The number of hydrogen-bond acceptors (Lipinski definition) is 5. The van der Waals surface area contributed by atoms with Crippen LogP contribution in [0, 0.1) is 10.1 Å². The van der Waals surface area contributed by atoms with Crippen molar-refractivity contribution < 1.29 is 14.5 Å². The van der Waals surface area contributed by atoms with Crippen molar-refractivity contribution in [2.24, 2.45) is 0 Å². The van der Waals surface area contributed by atoms with E-state index in [4.69, 9.17) is 28.6 Å². The number of carbonyl (C=O) groups is 1. The van der Waals surface area contributed by atoms with Gasteiger partial charge in [-0.05, 0) is 37.7 Å². The molecule has 1 heterocycles. The predicted octanol–water partition coefficient (Wildman–Crippen LogP) is 2.60. The number of ether oxygens (including phenoxy) is 1. The summed E-state index contributed by atoms with van der Waals surface area (Å²) in [5.74, 6) is -0.518. The van der Waals surface area contributed by atoms with Crippen molar-refractivity contribution in [3.05, 3.63) is 50.2 Å². The van der Waals surface area contributed by atoms with Crippen molar-refractivity contribution in [1.82, 2.24) is 10.6 Å². The van der Waals surface area contributed by atoms with E-state index in [1.807, 2.05) is 0 Å². The number of thiocarbonyl (C=S) groups is 1. The zero-order chi connectivity index (χ0) is 17.1. The van der Waals surface area contributed by atoms with E-state index >= 15 is 0 Å². The van der Waals surface area contributed by atoms with Crippen LogP contribution in [0.25, 0.3) is 0 Å². The number of nitrogens with one attached hydrogen (secondary N) is 2. The summed E-state index contributed by atoms with van der Waals surface area (Å²) >= 11 is 10.9. The number of benzene rings is 1. The summed E-state index contributed by atoms with van der Waals surface area (Å²) in [5.41, 5.74) is 1.11. The third-order valence-corrected chi connectivity index (χ3v) is 3.80. The molecule has 23 heavy (non-hydrogen) atoms. The molecule has 0 aromatic heterocycles. The molecule has 2 N–H and O–H groups in total. The molecule has 9 heteroatoms. The second-order valence-corrected chi connectivity index (χ2v) is 5.57. The summed E-state index contributed by atoms with van der Waals surface area (Å²) in [6.07, 6.45) is 0. The lowest BCUT2D eigenvalue weighted by Crippen LogP contribution is -2.45. The van der Waals surface area contributed by atoms with Gasteiger partial charge in [-0.2, -0.15) is 0 Å². The Morgan fingerprint density at radius 1 is 1.52 bits per heavy atom. The Kier molecular flexibility index (Phi) is 5.17. The summed E-state index contributed by atoms with van der Waals surface area (Å²) in [7, 11) is 0. The molecule has 0 fully saturated rings. The van der Waals surface area contributed by atoms with Crippen LogP contribution in [-0.4, -0.2) is 22.6 Å². The lowest BCUT2D eigenvalue weighted by Gasteiger charge is -2.29. The van der Waals surface area contributed by atoms with Crippen LogP contribution in [0.15, 0.2) is 29.5 Å². The topological polar surface area (TPSA) is 93.5 Å². The standard InChI is InChI=1S/C14H14ClN3O4S/c1-3-22-13(19)11-7(2)16-14(23)17-12(11)8-4-5-9(15)10(6-8)18(20)21/h4-6,12H,3H2,1-2H3,(H2,16,17,23)/t12-/m0/s1. The molecule has 7 nitrogen and oxygen atoms in total. The van der Waals surface area contributed by atoms with Gasteiger partial charge in [0.25, 0.3) is 5.69 Å². The van der Waals surface area contributed by atoms with Gasteiger partial charge in [0.05, 0.1) is 23.1 Å². The fourth-order valence-electron chi connectivity index (χ4n) is 2.27. The van der Waals surface area contributed by atoms with Gasteiger partial charge < -0.3 is 15.4 Å². The van der Waals surface area contributed by atoms with Crippen LogP contribution in [0.1, 0.15) is 25.5 Å². The number of esters is 1. The normalized spacial score (nSPS) is 17.3. The Bertz CT molecular complexity index is 720. The lowest BCUT2D eigenvalue weighted by atomic mass is 9.95. The van der Waals surface area contributed by atoms with E-state index in [0.717, 1.165) is 0 Å². The van der Waals surface area contributed by atoms with Gasteiger partial charge in [0.15, 0.2) is 5.11 Å². The molecule has 1 aliphatic heterocycles. The first-order valence-electron chi connectivity index (χ1n) is 6.74. The minimum absolute atomic E-state index is 0.0219. The van der Waals surface area contributed by atoms with Crippen LogP contribution in [0.4, 0.5) is 5.69 Å². The fourth-order valence-corrected chi connectivity index (χ4v) is 2.73. The van der Waals surface area contributed by atoms with Gasteiger partial charge in [-0.1, -0.05) is 17.7 Å². The maximum absolute atomic E-state index is 12.2. The monoisotopic (exact) mass is 355 g/mol. The van der Waals surface area contributed by atoms with E-state index < -0.39 is 16.9 Å². The molecule has 0 amide bonds. The fraction of sp³-hybridized carbons (Fsp3) is 0.286. The zero-order valence-corrected chi connectivity index (χ0v) is 14.0. The van der Waals surface area contributed by atoms with Gasteiger partial charge in [0.2, 0.25) is 0 Å². The van der Waals surface area contributed by atoms with Gasteiger partial charge in [-0.15, -0.1) is 0 Å². The molecule has 1 atom stereocenters. The van der Waals surface area contributed by atoms with Gasteiger partial charge in [0.1, 0.15) is 5.02 Å². The van der Waals surface area contributed by atoms with E-state index in [0.29, 0.717) is 21.9 Å². The van der Waals surface area contributed by atoms with Gasteiger partial charge >= 0.3 is 5.97 Å². The van der Waals surface area contributed by atoms with Gasteiger partial charge in [0, 0.05) is 11.8 Å². The van der Waals surface area contributed by atoms with Crippen LogP contribution >= 0.6 is 23.8 Å². The van der Waals surface area contributed by atoms with Crippen molar-refractivity contribution >= 4 is 40.6 Å². The number of nitrogens with zero attached hydrogens (tertiary/aromatic N) is 1. The zero-order valence-electron chi connectivity index (χ0n) is 12.4. The van der Waals surface area contributed by atoms with Gasteiger partial charge in [-0.3, -0.25) is 10.1 Å². The Morgan fingerprint density at radius 2 is 2.22 bits per heavy atom. The van der Waals surface area contributed by atoms with Crippen molar-refractivity contribution in [1.29, 1.82) is 0 Å². The van der Waals surface area contributed by atoms with Crippen molar-refractivity contribution in [2.45, 2.75) is 19.9 Å². The second-order valence-electron chi connectivity index (χ2n) is 4.76.